The van der Waals surface area contributed by atoms with Gasteiger partial charge in [0.2, 0.25) is 0 Å². The Kier molecular flexibility index (Phi) is 5.34. The molecule has 0 amide bonds. The minimum absolute atomic E-state index is 0.0590. The van der Waals surface area contributed by atoms with Crippen molar-refractivity contribution in [3.05, 3.63) is 12.3 Å². The number of nitrogens with two attached hydrogens (primary N) is 1. The minimum atomic E-state index is -0.143. The molecule has 0 rings (SSSR count). The molecule has 0 saturated carbocycles. The summed E-state index contributed by atoms with van der Waals surface area (Å²) in [5.74, 6) is 0.601. The van der Waals surface area contributed by atoms with Gasteiger partial charge in [-0.3, -0.25) is 0 Å². The Labute approximate surface area is 73.4 Å². The average Bonchev–Trinajstić information content (AvgIpc) is 1.99. The van der Waals surface area contributed by atoms with Gasteiger partial charge in [0.05, 0.1) is 5.38 Å². The summed E-state index contributed by atoms with van der Waals surface area (Å²) in [6, 6.07) is 0. The predicted molar refractivity (Wildman–Crippen MR) is 48.7 cm³/mol. The average molecular weight is 178 g/mol. The monoisotopic (exact) mass is 177 g/mol. The lowest BCUT2D eigenvalue weighted by atomic mass is 10.3. The largest absolute Gasteiger partial charge is 0.493 e. The van der Waals surface area contributed by atoms with Gasteiger partial charge in [-0.05, 0) is 13.3 Å². The molecule has 0 saturated heterocycles. The molecule has 66 valence electrons. The fourth-order valence-corrected chi connectivity index (χ4v) is 0.657. The van der Waals surface area contributed by atoms with E-state index < -0.39 is 0 Å². The summed E-state index contributed by atoms with van der Waals surface area (Å²) in [6.07, 6.45) is 0.947. The van der Waals surface area contributed by atoms with Crippen molar-refractivity contribution >= 4 is 11.6 Å². The number of hydrogen-bond acceptors (Lipinski definition) is 2. The van der Waals surface area contributed by atoms with Crippen LogP contribution >= 0.6 is 11.6 Å². The molecule has 0 aromatic heterocycles. The number of ether oxygens (including phenoxy) is 1. The highest BCUT2D eigenvalue weighted by atomic mass is 35.5. The lowest BCUT2D eigenvalue weighted by Crippen LogP contribution is -2.23. The molecule has 2 nitrogen and oxygen atoms in total. The molecule has 0 spiro atoms. The first kappa shape index (κ1) is 10.8. The Morgan fingerprint density at radius 3 is 2.55 bits per heavy atom. The van der Waals surface area contributed by atoms with E-state index >= 15 is 0 Å². The third kappa shape index (κ3) is 4.27. The molecule has 0 aliphatic heterocycles. The van der Waals surface area contributed by atoms with E-state index in [0.29, 0.717) is 12.3 Å². The summed E-state index contributed by atoms with van der Waals surface area (Å²) in [5, 5.41) is -0.143. The first-order chi connectivity index (χ1) is 5.11. The highest BCUT2D eigenvalue weighted by Gasteiger charge is 2.09. The summed E-state index contributed by atoms with van der Waals surface area (Å²) in [7, 11) is 0. The van der Waals surface area contributed by atoms with E-state index in [1.54, 1.807) is 0 Å². The second kappa shape index (κ2) is 5.44. The SMILES string of the molecule is C=C(OC(CC)CN)C(C)Cl. The third-order valence-electron chi connectivity index (χ3n) is 1.48. The van der Waals surface area contributed by atoms with Crippen molar-refractivity contribution in [3.8, 4) is 0 Å². The molecule has 0 heterocycles. The quantitative estimate of drug-likeness (QED) is 0.514. The zero-order valence-corrected chi connectivity index (χ0v) is 7.90. The van der Waals surface area contributed by atoms with Crippen molar-refractivity contribution in [2.24, 2.45) is 5.73 Å². The first-order valence-electron chi connectivity index (χ1n) is 3.81. The first-order valence-corrected chi connectivity index (χ1v) is 4.25. The van der Waals surface area contributed by atoms with Crippen molar-refractivity contribution in [3.63, 3.8) is 0 Å². The fourth-order valence-electron chi connectivity index (χ4n) is 0.606. The van der Waals surface area contributed by atoms with Crippen LogP contribution in [-0.4, -0.2) is 18.0 Å². The maximum Gasteiger partial charge on any atom is 0.110 e. The summed E-state index contributed by atoms with van der Waals surface area (Å²) in [4.78, 5) is 0. The maximum absolute atomic E-state index is 5.72. The van der Waals surface area contributed by atoms with Crippen molar-refractivity contribution in [2.45, 2.75) is 31.7 Å². The molecule has 0 aromatic carbocycles. The van der Waals surface area contributed by atoms with E-state index in [0.717, 1.165) is 6.42 Å². The van der Waals surface area contributed by atoms with Crippen LogP contribution in [-0.2, 0) is 4.74 Å². The molecule has 0 aliphatic carbocycles. The van der Waals surface area contributed by atoms with Gasteiger partial charge in [-0.15, -0.1) is 11.6 Å². The maximum atomic E-state index is 5.72. The van der Waals surface area contributed by atoms with E-state index in [4.69, 9.17) is 22.1 Å². The highest BCUT2D eigenvalue weighted by molar-refractivity contribution is 6.21. The third-order valence-corrected chi connectivity index (χ3v) is 1.72. The second-order valence-electron chi connectivity index (χ2n) is 2.47. The Morgan fingerprint density at radius 2 is 2.27 bits per heavy atom. The van der Waals surface area contributed by atoms with Gasteiger partial charge in [-0.25, -0.2) is 0 Å². The van der Waals surface area contributed by atoms with Gasteiger partial charge >= 0.3 is 0 Å². The highest BCUT2D eigenvalue weighted by Crippen LogP contribution is 2.11. The second-order valence-corrected chi connectivity index (χ2v) is 3.12. The smallest absolute Gasteiger partial charge is 0.110 e. The zero-order valence-electron chi connectivity index (χ0n) is 7.14. The van der Waals surface area contributed by atoms with Crippen molar-refractivity contribution in [1.29, 1.82) is 0 Å². The van der Waals surface area contributed by atoms with Crippen LogP contribution in [0.1, 0.15) is 20.3 Å². The number of hydrogen-bond donors (Lipinski definition) is 1. The van der Waals surface area contributed by atoms with Crippen LogP contribution in [0, 0.1) is 0 Å². The molecule has 0 aliphatic rings. The molecule has 3 heteroatoms. The lowest BCUT2D eigenvalue weighted by molar-refractivity contribution is 0.116. The molecular weight excluding hydrogens is 162 g/mol. The van der Waals surface area contributed by atoms with E-state index in [9.17, 15) is 0 Å². The summed E-state index contributed by atoms with van der Waals surface area (Å²) < 4.78 is 5.36. The normalized spacial score (nSPS) is 15.6. The molecule has 11 heavy (non-hydrogen) atoms. The van der Waals surface area contributed by atoms with Crippen LogP contribution in [0.2, 0.25) is 0 Å². The summed E-state index contributed by atoms with van der Waals surface area (Å²) in [5.41, 5.74) is 5.42. The van der Waals surface area contributed by atoms with E-state index in [-0.39, 0.29) is 11.5 Å². The Balaban J connectivity index is 3.72. The molecule has 2 unspecified atom stereocenters. The summed E-state index contributed by atoms with van der Waals surface area (Å²) >= 11 is 5.72. The standard InChI is InChI=1S/C8H16ClNO/c1-4-8(5-10)11-7(3)6(2)9/h6,8H,3-5,10H2,1-2H3. The van der Waals surface area contributed by atoms with Crippen molar-refractivity contribution < 1.29 is 4.74 Å². The lowest BCUT2D eigenvalue weighted by Gasteiger charge is -2.18. The number of alkyl halides is 1. The van der Waals surface area contributed by atoms with Crippen molar-refractivity contribution in [1.82, 2.24) is 0 Å². The van der Waals surface area contributed by atoms with Crippen LogP contribution in [0.25, 0.3) is 0 Å². The topological polar surface area (TPSA) is 35.2 Å². The fraction of sp³-hybridized carbons (Fsp3) is 0.750. The van der Waals surface area contributed by atoms with Gasteiger partial charge in [0.15, 0.2) is 0 Å². The molecular formula is C8H16ClNO. The van der Waals surface area contributed by atoms with Crippen LogP contribution in [0.3, 0.4) is 0 Å². The molecule has 2 atom stereocenters. The number of rotatable bonds is 5. The minimum Gasteiger partial charge on any atom is -0.493 e. The van der Waals surface area contributed by atoms with Crippen molar-refractivity contribution in [2.75, 3.05) is 6.54 Å². The zero-order chi connectivity index (χ0) is 8.85. The Hall–Kier alpha value is -0.210. The number of allylic oxidation sites excluding steroid dienone is 1. The van der Waals surface area contributed by atoms with E-state index in [2.05, 4.69) is 6.58 Å². The Bertz CT molecular complexity index is 121. The predicted octanol–water partition coefficient (Wildman–Crippen LogP) is 1.88. The molecule has 0 aromatic rings. The van der Waals surface area contributed by atoms with Gasteiger partial charge < -0.3 is 10.5 Å². The van der Waals surface area contributed by atoms with Gasteiger partial charge in [0.25, 0.3) is 0 Å². The van der Waals surface area contributed by atoms with Gasteiger partial charge in [0, 0.05) is 6.54 Å². The molecule has 0 bridgehead atoms. The van der Waals surface area contributed by atoms with Crippen LogP contribution in [0.15, 0.2) is 12.3 Å². The molecule has 2 N–H and O–H groups in total. The Morgan fingerprint density at radius 1 is 1.73 bits per heavy atom. The number of halogens is 1. The van der Waals surface area contributed by atoms with E-state index in [1.807, 2.05) is 13.8 Å². The van der Waals surface area contributed by atoms with Gasteiger partial charge in [0.1, 0.15) is 11.9 Å². The van der Waals surface area contributed by atoms with Gasteiger partial charge in [-0.1, -0.05) is 13.5 Å². The van der Waals surface area contributed by atoms with Crippen LogP contribution in [0.4, 0.5) is 0 Å². The summed E-state index contributed by atoms with van der Waals surface area (Å²) in [6.45, 7) is 8.04. The van der Waals surface area contributed by atoms with Gasteiger partial charge in [-0.2, -0.15) is 0 Å². The molecule has 0 radical (unpaired) electrons. The van der Waals surface area contributed by atoms with E-state index in [1.165, 1.54) is 0 Å². The van der Waals surface area contributed by atoms with Crippen LogP contribution in [0.5, 0.6) is 0 Å². The molecule has 0 fully saturated rings. The van der Waals surface area contributed by atoms with Crippen LogP contribution < -0.4 is 5.73 Å².